The van der Waals surface area contributed by atoms with Crippen LogP contribution in [0.4, 0.5) is 0 Å². The third-order valence-corrected chi connectivity index (χ3v) is 13.3. The molecule has 424 valence electrons. The van der Waals surface area contributed by atoms with Gasteiger partial charge in [-0.25, -0.2) is 0 Å². The van der Waals surface area contributed by atoms with Gasteiger partial charge >= 0.3 is 17.9 Å². The lowest BCUT2D eigenvalue weighted by Crippen LogP contribution is -2.30. The summed E-state index contributed by atoms with van der Waals surface area (Å²) in [5.41, 5.74) is 0. The van der Waals surface area contributed by atoms with E-state index in [1.807, 2.05) is 0 Å². The van der Waals surface area contributed by atoms with Gasteiger partial charge in [0.05, 0.1) is 0 Å². The Kier molecular flexibility index (Phi) is 58.8. The minimum atomic E-state index is -0.790. The number of ether oxygens (including phenoxy) is 3. The van der Waals surface area contributed by atoms with E-state index in [2.05, 4.69) is 118 Å². The number of rotatable bonds is 56. The summed E-state index contributed by atoms with van der Waals surface area (Å²) < 4.78 is 16.9. The molecular formula is C68H116O6. The second-order valence-corrected chi connectivity index (χ2v) is 20.6. The van der Waals surface area contributed by atoms with Crippen molar-refractivity contribution in [3.8, 4) is 0 Å². The summed E-state index contributed by atoms with van der Waals surface area (Å²) in [6, 6.07) is 0. The molecule has 6 nitrogen and oxygen atoms in total. The molecule has 0 amide bonds. The topological polar surface area (TPSA) is 78.9 Å². The van der Waals surface area contributed by atoms with Gasteiger partial charge in [-0.2, -0.15) is 0 Å². The Labute approximate surface area is 457 Å². The average molecular weight is 1030 g/mol. The van der Waals surface area contributed by atoms with Crippen LogP contribution in [0.5, 0.6) is 0 Å². The Morgan fingerprint density at radius 3 is 0.838 bits per heavy atom. The first-order valence-electron chi connectivity index (χ1n) is 31.2. The molecular weight excluding hydrogens is 913 g/mol. The molecule has 1 unspecified atom stereocenters. The van der Waals surface area contributed by atoms with Crippen LogP contribution >= 0.6 is 0 Å². The van der Waals surface area contributed by atoms with Gasteiger partial charge in [0.25, 0.3) is 0 Å². The summed E-state index contributed by atoms with van der Waals surface area (Å²) in [6.45, 7) is 6.52. The summed E-state index contributed by atoms with van der Waals surface area (Å²) in [5, 5.41) is 0. The van der Waals surface area contributed by atoms with Crippen molar-refractivity contribution in [2.24, 2.45) is 0 Å². The lowest BCUT2D eigenvalue weighted by Gasteiger charge is -2.18. The number of unbranched alkanes of at least 4 members (excludes halogenated alkanes) is 29. The molecule has 0 aliphatic heterocycles. The highest BCUT2D eigenvalue weighted by atomic mass is 16.6. The number of carbonyl (C=O) groups excluding carboxylic acids is 3. The van der Waals surface area contributed by atoms with Crippen molar-refractivity contribution < 1.29 is 28.6 Å². The fraction of sp³-hybridized carbons (Fsp3) is 0.721. The molecule has 0 aliphatic rings. The molecule has 0 radical (unpaired) electrons. The third-order valence-electron chi connectivity index (χ3n) is 13.3. The zero-order valence-electron chi connectivity index (χ0n) is 48.6. The summed E-state index contributed by atoms with van der Waals surface area (Å²) in [5.74, 6) is -0.904. The Bertz CT molecular complexity index is 1460. The maximum absolute atomic E-state index is 12.9. The van der Waals surface area contributed by atoms with Crippen molar-refractivity contribution in [3.63, 3.8) is 0 Å². The van der Waals surface area contributed by atoms with Gasteiger partial charge in [0.1, 0.15) is 13.2 Å². The van der Waals surface area contributed by atoms with E-state index in [0.717, 1.165) is 135 Å². The van der Waals surface area contributed by atoms with Gasteiger partial charge in [-0.1, -0.05) is 272 Å². The van der Waals surface area contributed by atoms with E-state index in [1.165, 1.54) is 122 Å². The molecule has 0 aliphatic carbocycles. The van der Waals surface area contributed by atoms with Crippen LogP contribution in [-0.2, 0) is 28.6 Å². The quantitative estimate of drug-likeness (QED) is 0.0261. The van der Waals surface area contributed by atoms with Gasteiger partial charge in [-0.05, 0) is 103 Å². The zero-order chi connectivity index (χ0) is 53.6. The molecule has 0 aromatic carbocycles. The highest BCUT2D eigenvalue weighted by Gasteiger charge is 2.19. The highest BCUT2D eigenvalue weighted by molar-refractivity contribution is 5.71. The van der Waals surface area contributed by atoms with Gasteiger partial charge in [-0.3, -0.25) is 14.4 Å². The smallest absolute Gasteiger partial charge is 0.306 e. The SMILES string of the molecule is CC/C=C\C/C=C\C/C=C\C/C=C\C/C=C\C/C=C\C/C=C\CCCCCCCC(=O)OCC(COC(=O)CCCCCCCCCCCCCCCC)OC(=O)CCCCCCC/C=C\CCCCCCCC. The molecule has 0 N–H and O–H groups in total. The Morgan fingerprint density at radius 2 is 0.527 bits per heavy atom. The molecule has 0 heterocycles. The first kappa shape index (κ1) is 70.3. The predicted molar refractivity (Wildman–Crippen MR) is 320 cm³/mol. The lowest BCUT2D eigenvalue weighted by molar-refractivity contribution is -0.167. The molecule has 1 atom stereocenters. The molecule has 0 bridgehead atoms. The van der Waals surface area contributed by atoms with Crippen molar-refractivity contribution >= 4 is 17.9 Å². The predicted octanol–water partition coefficient (Wildman–Crippen LogP) is 21.3. The molecule has 6 heteroatoms. The first-order valence-corrected chi connectivity index (χ1v) is 31.2. The first-order chi connectivity index (χ1) is 36.5. The number of carbonyl (C=O) groups is 3. The summed E-state index contributed by atoms with van der Waals surface area (Å²) in [7, 11) is 0. The molecule has 74 heavy (non-hydrogen) atoms. The maximum Gasteiger partial charge on any atom is 0.306 e. The standard InChI is InChI=1S/C68H116O6/c1-4-7-10-13-16-19-22-25-28-29-30-31-32-33-34-35-36-37-38-39-41-43-46-49-52-55-58-61-67(70)73-64-65(63-72-66(69)60-57-54-51-48-45-42-27-24-21-18-15-12-9-6-3)74-68(71)62-59-56-53-50-47-44-40-26-23-20-17-14-11-8-5-2/h7,10,16,19,25-26,28,30-31,33-34,36-37,39-41,65H,4-6,8-9,11-15,17-18,20-24,27,29,32,35,38,42-64H2,1-3H3/b10-7-,19-16-,28-25-,31-30-,34-33-,37-36-,40-26-,41-39-. The van der Waals surface area contributed by atoms with Gasteiger partial charge in [-0.15, -0.1) is 0 Å². The van der Waals surface area contributed by atoms with Gasteiger partial charge in [0.2, 0.25) is 0 Å². The van der Waals surface area contributed by atoms with E-state index in [4.69, 9.17) is 14.2 Å². The van der Waals surface area contributed by atoms with Crippen LogP contribution in [0, 0.1) is 0 Å². The van der Waals surface area contributed by atoms with Crippen LogP contribution in [0.15, 0.2) is 97.2 Å². The van der Waals surface area contributed by atoms with Crippen molar-refractivity contribution in [3.05, 3.63) is 97.2 Å². The monoisotopic (exact) mass is 1030 g/mol. The normalized spacial score (nSPS) is 12.7. The van der Waals surface area contributed by atoms with Crippen molar-refractivity contribution in [2.75, 3.05) is 13.2 Å². The fourth-order valence-corrected chi connectivity index (χ4v) is 8.65. The second kappa shape index (κ2) is 61.9. The number of esters is 3. The number of hydrogen-bond acceptors (Lipinski definition) is 6. The van der Waals surface area contributed by atoms with Gasteiger partial charge in [0.15, 0.2) is 6.10 Å². The zero-order valence-corrected chi connectivity index (χ0v) is 48.6. The van der Waals surface area contributed by atoms with Crippen molar-refractivity contribution in [1.29, 1.82) is 0 Å². The lowest BCUT2D eigenvalue weighted by atomic mass is 10.0. The summed E-state index contributed by atoms with van der Waals surface area (Å²) in [6.07, 6.45) is 82.6. The van der Waals surface area contributed by atoms with E-state index in [0.29, 0.717) is 19.3 Å². The molecule has 0 saturated carbocycles. The Balaban J connectivity index is 4.37. The molecule has 0 aromatic heterocycles. The molecule has 0 rings (SSSR count). The van der Waals surface area contributed by atoms with E-state index < -0.39 is 6.10 Å². The van der Waals surface area contributed by atoms with Gasteiger partial charge in [0, 0.05) is 19.3 Å². The van der Waals surface area contributed by atoms with Crippen LogP contribution in [0.25, 0.3) is 0 Å². The molecule has 0 aromatic rings. The summed E-state index contributed by atoms with van der Waals surface area (Å²) in [4.78, 5) is 38.2. The minimum absolute atomic E-state index is 0.0847. The minimum Gasteiger partial charge on any atom is -0.462 e. The van der Waals surface area contributed by atoms with Crippen molar-refractivity contribution in [1.82, 2.24) is 0 Å². The fourth-order valence-electron chi connectivity index (χ4n) is 8.65. The largest absolute Gasteiger partial charge is 0.462 e. The van der Waals surface area contributed by atoms with Crippen LogP contribution in [0.3, 0.4) is 0 Å². The van der Waals surface area contributed by atoms with Crippen molar-refractivity contribution in [2.45, 2.75) is 303 Å². The van der Waals surface area contributed by atoms with E-state index >= 15 is 0 Å². The maximum atomic E-state index is 12.9. The highest BCUT2D eigenvalue weighted by Crippen LogP contribution is 2.16. The van der Waals surface area contributed by atoms with Crippen LogP contribution in [0.2, 0.25) is 0 Å². The van der Waals surface area contributed by atoms with Crippen LogP contribution in [-0.4, -0.2) is 37.2 Å². The number of hydrogen-bond donors (Lipinski definition) is 0. The molecule has 0 fully saturated rings. The van der Waals surface area contributed by atoms with E-state index in [1.54, 1.807) is 0 Å². The Morgan fingerprint density at radius 1 is 0.284 bits per heavy atom. The number of allylic oxidation sites excluding steroid dienone is 16. The molecule has 0 spiro atoms. The van der Waals surface area contributed by atoms with Gasteiger partial charge < -0.3 is 14.2 Å². The second-order valence-electron chi connectivity index (χ2n) is 20.6. The van der Waals surface area contributed by atoms with E-state index in [-0.39, 0.29) is 31.1 Å². The average Bonchev–Trinajstić information content (AvgIpc) is 3.40. The molecule has 0 saturated heterocycles. The summed E-state index contributed by atoms with van der Waals surface area (Å²) >= 11 is 0. The van der Waals surface area contributed by atoms with Crippen LogP contribution < -0.4 is 0 Å². The third kappa shape index (κ3) is 59.2. The van der Waals surface area contributed by atoms with E-state index in [9.17, 15) is 14.4 Å². The Hall–Kier alpha value is -3.67. The van der Waals surface area contributed by atoms with Crippen LogP contribution in [0.1, 0.15) is 297 Å².